The van der Waals surface area contributed by atoms with Crippen molar-refractivity contribution in [2.75, 3.05) is 33.9 Å². The number of rotatable bonds is 6. The van der Waals surface area contributed by atoms with Crippen molar-refractivity contribution < 1.29 is 9.47 Å². The summed E-state index contributed by atoms with van der Waals surface area (Å²) in [7, 11) is 3.63. The van der Waals surface area contributed by atoms with Gasteiger partial charge in [-0.15, -0.1) is 24.0 Å². The summed E-state index contributed by atoms with van der Waals surface area (Å²) < 4.78 is 11.4. The maximum Gasteiger partial charge on any atom is 0.193 e. The zero-order chi connectivity index (χ0) is 18.2. The van der Waals surface area contributed by atoms with Crippen molar-refractivity contribution in [1.82, 2.24) is 10.2 Å². The molecule has 0 radical (unpaired) electrons. The molecular weight excluding hydrogens is 453 g/mol. The molecular formula is C21H34IN3O2. The van der Waals surface area contributed by atoms with E-state index in [9.17, 15) is 0 Å². The van der Waals surface area contributed by atoms with E-state index in [2.05, 4.69) is 39.5 Å². The van der Waals surface area contributed by atoms with Gasteiger partial charge in [0, 0.05) is 39.7 Å². The standard InChI is InChI=1S/C21H33N3O2.HI/c1-22-21(24-13-12-18(15-24)16-25-2)23-14-17-8-10-20(11-9-17)26-19-6-4-3-5-7-19;/h8-11,18-19H,3-7,12-16H2,1-2H3,(H,22,23);1H. The number of aliphatic imine (C=N–C) groups is 1. The van der Waals surface area contributed by atoms with Crippen LogP contribution in [0, 0.1) is 5.92 Å². The predicted molar refractivity (Wildman–Crippen MR) is 121 cm³/mol. The lowest BCUT2D eigenvalue weighted by Gasteiger charge is -2.23. The summed E-state index contributed by atoms with van der Waals surface area (Å²) in [5.74, 6) is 2.58. The molecule has 5 nitrogen and oxygen atoms in total. The smallest absolute Gasteiger partial charge is 0.193 e. The van der Waals surface area contributed by atoms with Crippen molar-refractivity contribution in [3.63, 3.8) is 0 Å². The molecule has 0 amide bonds. The zero-order valence-electron chi connectivity index (χ0n) is 16.7. The fourth-order valence-corrected chi connectivity index (χ4v) is 3.97. The number of hydrogen-bond donors (Lipinski definition) is 1. The summed E-state index contributed by atoms with van der Waals surface area (Å²) in [5.41, 5.74) is 1.25. The molecule has 1 aliphatic carbocycles. The van der Waals surface area contributed by atoms with Crippen LogP contribution in [0.3, 0.4) is 0 Å². The molecule has 27 heavy (non-hydrogen) atoms. The lowest BCUT2D eigenvalue weighted by atomic mass is 9.98. The van der Waals surface area contributed by atoms with E-state index >= 15 is 0 Å². The van der Waals surface area contributed by atoms with E-state index in [-0.39, 0.29) is 24.0 Å². The van der Waals surface area contributed by atoms with E-state index in [4.69, 9.17) is 9.47 Å². The molecule has 1 saturated heterocycles. The Hall–Kier alpha value is -1.02. The van der Waals surface area contributed by atoms with Gasteiger partial charge in [0.15, 0.2) is 5.96 Å². The van der Waals surface area contributed by atoms with Gasteiger partial charge in [0.2, 0.25) is 0 Å². The number of methoxy groups -OCH3 is 1. The molecule has 0 bridgehead atoms. The Balaban J connectivity index is 0.00000261. The van der Waals surface area contributed by atoms with Crippen LogP contribution >= 0.6 is 24.0 Å². The first-order chi connectivity index (χ1) is 12.8. The van der Waals surface area contributed by atoms with Gasteiger partial charge in [-0.3, -0.25) is 4.99 Å². The van der Waals surface area contributed by atoms with Crippen molar-refractivity contribution in [2.45, 2.75) is 51.2 Å². The predicted octanol–water partition coefficient (Wildman–Crippen LogP) is 4.06. The molecule has 1 aromatic rings. The van der Waals surface area contributed by atoms with Crippen molar-refractivity contribution in [3.05, 3.63) is 29.8 Å². The molecule has 0 aromatic heterocycles. The number of nitrogens with one attached hydrogen (secondary N) is 1. The van der Waals surface area contributed by atoms with Crippen molar-refractivity contribution in [1.29, 1.82) is 0 Å². The summed E-state index contributed by atoms with van der Waals surface area (Å²) >= 11 is 0. The summed E-state index contributed by atoms with van der Waals surface area (Å²) in [6.45, 7) is 3.67. The summed E-state index contributed by atoms with van der Waals surface area (Å²) in [6.07, 6.45) is 7.92. The second-order valence-electron chi connectivity index (χ2n) is 7.48. The Kier molecular flexibility index (Phi) is 9.68. The molecule has 6 heteroatoms. The molecule has 1 aromatic carbocycles. The summed E-state index contributed by atoms with van der Waals surface area (Å²) in [6, 6.07) is 8.49. The fraction of sp³-hybridized carbons (Fsp3) is 0.667. The van der Waals surface area contributed by atoms with Crippen LogP contribution in [-0.2, 0) is 11.3 Å². The number of ether oxygens (including phenoxy) is 2. The third-order valence-electron chi connectivity index (χ3n) is 5.43. The highest BCUT2D eigenvalue weighted by molar-refractivity contribution is 14.0. The quantitative estimate of drug-likeness (QED) is 0.374. The van der Waals surface area contributed by atoms with Gasteiger partial charge in [0.1, 0.15) is 5.75 Å². The molecule has 1 unspecified atom stereocenters. The molecule has 0 spiro atoms. The van der Waals surface area contributed by atoms with E-state index in [0.717, 1.165) is 38.0 Å². The lowest BCUT2D eigenvalue weighted by Crippen LogP contribution is -2.39. The third kappa shape index (κ3) is 6.82. The van der Waals surface area contributed by atoms with Crippen LogP contribution < -0.4 is 10.1 Å². The maximum atomic E-state index is 6.11. The highest BCUT2D eigenvalue weighted by Gasteiger charge is 2.24. The first-order valence-corrected chi connectivity index (χ1v) is 9.98. The number of likely N-dealkylation sites (tertiary alicyclic amines) is 1. The first kappa shape index (κ1) is 22.3. The van der Waals surface area contributed by atoms with Crippen LogP contribution in [0.5, 0.6) is 5.75 Å². The molecule has 3 rings (SSSR count). The summed E-state index contributed by atoms with van der Waals surface area (Å²) in [5, 5.41) is 3.49. The molecule has 1 saturated carbocycles. The van der Waals surface area contributed by atoms with Crippen molar-refractivity contribution >= 4 is 29.9 Å². The minimum atomic E-state index is 0. The largest absolute Gasteiger partial charge is 0.490 e. The summed E-state index contributed by atoms with van der Waals surface area (Å²) in [4.78, 5) is 6.76. The molecule has 1 heterocycles. The van der Waals surface area contributed by atoms with Crippen LogP contribution in [0.1, 0.15) is 44.1 Å². The monoisotopic (exact) mass is 487 g/mol. The van der Waals surface area contributed by atoms with E-state index in [0.29, 0.717) is 12.0 Å². The topological polar surface area (TPSA) is 46.1 Å². The third-order valence-corrected chi connectivity index (χ3v) is 5.43. The second-order valence-corrected chi connectivity index (χ2v) is 7.48. The van der Waals surface area contributed by atoms with E-state index < -0.39 is 0 Å². The zero-order valence-corrected chi connectivity index (χ0v) is 19.0. The first-order valence-electron chi connectivity index (χ1n) is 9.98. The lowest BCUT2D eigenvalue weighted by molar-refractivity contribution is 0.155. The van der Waals surface area contributed by atoms with Gasteiger partial charge < -0.3 is 19.7 Å². The molecule has 2 fully saturated rings. The number of benzene rings is 1. The maximum absolute atomic E-state index is 6.11. The van der Waals surface area contributed by atoms with Crippen LogP contribution in [0.15, 0.2) is 29.3 Å². The Bertz CT molecular complexity index is 573. The second kappa shape index (κ2) is 11.7. The van der Waals surface area contributed by atoms with Gasteiger partial charge in [0.25, 0.3) is 0 Å². The minimum absolute atomic E-state index is 0. The van der Waals surface area contributed by atoms with Crippen LogP contribution in [0.25, 0.3) is 0 Å². The van der Waals surface area contributed by atoms with Crippen LogP contribution in [0.2, 0.25) is 0 Å². The van der Waals surface area contributed by atoms with Crippen molar-refractivity contribution in [2.24, 2.45) is 10.9 Å². The number of halogens is 1. The van der Waals surface area contributed by atoms with E-state index in [1.807, 2.05) is 7.05 Å². The Morgan fingerprint density at radius 1 is 1.15 bits per heavy atom. The van der Waals surface area contributed by atoms with Gasteiger partial charge >= 0.3 is 0 Å². The van der Waals surface area contributed by atoms with Gasteiger partial charge in [0.05, 0.1) is 12.7 Å². The average molecular weight is 487 g/mol. The number of nitrogens with zero attached hydrogens (tertiary/aromatic N) is 2. The fourth-order valence-electron chi connectivity index (χ4n) is 3.97. The van der Waals surface area contributed by atoms with Crippen LogP contribution in [0.4, 0.5) is 0 Å². The average Bonchev–Trinajstić information content (AvgIpc) is 3.13. The number of hydrogen-bond acceptors (Lipinski definition) is 3. The highest BCUT2D eigenvalue weighted by Crippen LogP contribution is 2.23. The Morgan fingerprint density at radius 3 is 2.56 bits per heavy atom. The SMILES string of the molecule is CN=C(NCc1ccc(OC2CCCCC2)cc1)N1CCC(COC)C1.I. The molecule has 2 aliphatic rings. The van der Waals surface area contributed by atoms with Gasteiger partial charge in [-0.1, -0.05) is 18.6 Å². The Labute approximate surface area is 180 Å². The molecule has 1 atom stereocenters. The normalized spacial score (nSPS) is 21.0. The number of guanidine groups is 1. The van der Waals surface area contributed by atoms with Gasteiger partial charge in [-0.25, -0.2) is 0 Å². The molecule has 1 aliphatic heterocycles. The highest BCUT2D eigenvalue weighted by atomic mass is 127. The van der Waals surface area contributed by atoms with E-state index in [1.54, 1.807) is 7.11 Å². The molecule has 152 valence electrons. The van der Waals surface area contributed by atoms with Gasteiger partial charge in [-0.05, 0) is 49.8 Å². The molecule has 1 N–H and O–H groups in total. The van der Waals surface area contributed by atoms with Crippen molar-refractivity contribution in [3.8, 4) is 5.75 Å². The van der Waals surface area contributed by atoms with E-state index in [1.165, 1.54) is 44.1 Å². The Morgan fingerprint density at radius 2 is 1.89 bits per heavy atom. The van der Waals surface area contributed by atoms with Gasteiger partial charge in [-0.2, -0.15) is 0 Å². The minimum Gasteiger partial charge on any atom is -0.490 e. The van der Waals surface area contributed by atoms with Crippen LogP contribution in [-0.4, -0.2) is 50.8 Å².